The standard InChI is InChI=1S/C16H22N2O3S/c1-4-18(12-16(2,3)19)22(20,21)11-14-8-5-7-13-9-6-10-17-15(13)14/h5-10,19H,4,11-12H2,1-3H3. The number of rotatable bonds is 6. The molecule has 0 radical (unpaired) electrons. The lowest BCUT2D eigenvalue weighted by molar-refractivity contribution is 0.0601. The van der Waals surface area contributed by atoms with Crippen molar-refractivity contribution in [3.05, 3.63) is 42.1 Å². The van der Waals surface area contributed by atoms with E-state index < -0.39 is 15.6 Å². The molecular formula is C16H22N2O3S. The van der Waals surface area contributed by atoms with Gasteiger partial charge in [-0.25, -0.2) is 8.42 Å². The van der Waals surface area contributed by atoms with E-state index in [1.165, 1.54) is 4.31 Å². The molecule has 2 rings (SSSR count). The van der Waals surface area contributed by atoms with Crippen LogP contribution < -0.4 is 0 Å². The highest BCUT2D eigenvalue weighted by atomic mass is 32.2. The molecule has 2 aromatic rings. The maximum Gasteiger partial charge on any atom is 0.218 e. The fourth-order valence-corrected chi connectivity index (χ4v) is 4.12. The van der Waals surface area contributed by atoms with E-state index >= 15 is 0 Å². The van der Waals surface area contributed by atoms with E-state index in [1.54, 1.807) is 33.0 Å². The van der Waals surface area contributed by atoms with Gasteiger partial charge in [0.25, 0.3) is 0 Å². The largest absolute Gasteiger partial charge is 0.389 e. The second-order valence-electron chi connectivity index (χ2n) is 5.99. The average Bonchev–Trinajstić information content (AvgIpc) is 2.44. The van der Waals surface area contributed by atoms with Crippen molar-refractivity contribution in [2.75, 3.05) is 13.1 Å². The van der Waals surface area contributed by atoms with Crippen LogP contribution in [0.2, 0.25) is 0 Å². The molecule has 1 N–H and O–H groups in total. The van der Waals surface area contributed by atoms with Crippen molar-refractivity contribution in [2.45, 2.75) is 32.1 Å². The quantitative estimate of drug-likeness (QED) is 0.885. The van der Waals surface area contributed by atoms with Crippen molar-refractivity contribution < 1.29 is 13.5 Å². The molecule has 0 saturated carbocycles. The van der Waals surface area contributed by atoms with Crippen molar-refractivity contribution in [2.24, 2.45) is 0 Å². The van der Waals surface area contributed by atoms with Gasteiger partial charge in [0.05, 0.1) is 16.9 Å². The van der Waals surface area contributed by atoms with Crippen LogP contribution in [0.4, 0.5) is 0 Å². The van der Waals surface area contributed by atoms with Crippen LogP contribution in [0.3, 0.4) is 0 Å². The molecule has 0 fully saturated rings. The summed E-state index contributed by atoms with van der Waals surface area (Å²) in [6.07, 6.45) is 1.66. The monoisotopic (exact) mass is 322 g/mol. The summed E-state index contributed by atoms with van der Waals surface area (Å²) < 4.78 is 26.6. The number of aliphatic hydroxyl groups is 1. The van der Waals surface area contributed by atoms with E-state index in [0.29, 0.717) is 17.6 Å². The predicted octanol–water partition coefficient (Wildman–Crippen LogP) is 2.16. The first-order valence-corrected chi connectivity index (χ1v) is 8.87. The second kappa shape index (κ2) is 6.32. The lowest BCUT2D eigenvalue weighted by Gasteiger charge is -2.27. The zero-order chi connectivity index (χ0) is 16.4. The van der Waals surface area contributed by atoms with Gasteiger partial charge < -0.3 is 5.11 Å². The summed E-state index contributed by atoms with van der Waals surface area (Å²) >= 11 is 0. The van der Waals surface area contributed by atoms with Crippen molar-refractivity contribution >= 4 is 20.9 Å². The lowest BCUT2D eigenvalue weighted by atomic mass is 10.1. The number of nitrogens with zero attached hydrogens (tertiary/aromatic N) is 2. The van der Waals surface area contributed by atoms with E-state index in [9.17, 15) is 13.5 Å². The molecule has 0 aliphatic carbocycles. The Morgan fingerprint density at radius 1 is 1.23 bits per heavy atom. The Labute approximate surface area is 131 Å². The van der Waals surface area contributed by atoms with E-state index in [1.807, 2.05) is 24.3 Å². The molecule has 22 heavy (non-hydrogen) atoms. The van der Waals surface area contributed by atoms with E-state index in [2.05, 4.69) is 4.98 Å². The molecule has 5 nitrogen and oxygen atoms in total. The lowest BCUT2D eigenvalue weighted by Crippen LogP contribution is -2.42. The molecule has 120 valence electrons. The Hall–Kier alpha value is -1.50. The fraction of sp³-hybridized carbons (Fsp3) is 0.438. The topological polar surface area (TPSA) is 70.5 Å². The molecule has 0 saturated heterocycles. The van der Waals surface area contributed by atoms with Crippen LogP contribution in [0.5, 0.6) is 0 Å². The number of aromatic nitrogens is 1. The minimum atomic E-state index is -3.52. The third kappa shape index (κ3) is 4.03. The number of fused-ring (bicyclic) bond motifs is 1. The highest BCUT2D eigenvalue weighted by Gasteiger charge is 2.27. The summed E-state index contributed by atoms with van der Waals surface area (Å²) in [6, 6.07) is 9.26. The zero-order valence-corrected chi connectivity index (χ0v) is 14.0. The van der Waals surface area contributed by atoms with Crippen LogP contribution in [-0.2, 0) is 15.8 Å². The highest BCUT2D eigenvalue weighted by molar-refractivity contribution is 7.88. The van der Waals surface area contributed by atoms with Crippen molar-refractivity contribution in [1.82, 2.24) is 9.29 Å². The number of pyridine rings is 1. The first-order valence-electron chi connectivity index (χ1n) is 7.26. The summed E-state index contributed by atoms with van der Waals surface area (Å²) in [5, 5.41) is 10.8. The van der Waals surface area contributed by atoms with Crippen molar-refractivity contribution in [1.29, 1.82) is 0 Å². The molecular weight excluding hydrogens is 300 g/mol. The summed E-state index contributed by atoms with van der Waals surface area (Å²) in [7, 11) is -3.52. The van der Waals surface area contributed by atoms with Crippen LogP contribution >= 0.6 is 0 Å². The Morgan fingerprint density at radius 3 is 2.55 bits per heavy atom. The first kappa shape index (κ1) is 16.9. The summed E-state index contributed by atoms with van der Waals surface area (Å²) in [4.78, 5) is 4.29. The number of likely N-dealkylation sites (N-methyl/N-ethyl adjacent to an activating group) is 1. The third-order valence-corrected chi connectivity index (χ3v) is 5.21. The predicted molar refractivity (Wildman–Crippen MR) is 87.9 cm³/mol. The van der Waals surface area contributed by atoms with Gasteiger partial charge in [-0.2, -0.15) is 4.31 Å². The van der Waals surface area contributed by atoms with Gasteiger partial charge in [0, 0.05) is 24.7 Å². The van der Waals surface area contributed by atoms with E-state index in [0.717, 1.165) is 5.39 Å². The molecule has 0 unspecified atom stereocenters. The van der Waals surface area contributed by atoms with E-state index in [4.69, 9.17) is 0 Å². The van der Waals surface area contributed by atoms with Crippen molar-refractivity contribution in [3.8, 4) is 0 Å². The van der Waals surface area contributed by atoms with Crippen LogP contribution in [0.15, 0.2) is 36.5 Å². The van der Waals surface area contributed by atoms with Gasteiger partial charge in [-0.3, -0.25) is 4.98 Å². The van der Waals surface area contributed by atoms with Gasteiger partial charge in [-0.05, 0) is 25.5 Å². The summed E-state index contributed by atoms with van der Waals surface area (Å²) in [6.45, 7) is 5.37. The fourth-order valence-electron chi connectivity index (χ4n) is 2.41. The molecule has 0 aliphatic rings. The molecule has 1 aromatic carbocycles. The Bertz CT molecular complexity index is 746. The Balaban J connectivity index is 2.34. The number of sulfonamides is 1. The van der Waals surface area contributed by atoms with Gasteiger partial charge in [0.2, 0.25) is 10.0 Å². The van der Waals surface area contributed by atoms with E-state index in [-0.39, 0.29) is 12.3 Å². The average molecular weight is 322 g/mol. The third-order valence-electron chi connectivity index (χ3n) is 3.36. The van der Waals surface area contributed by atoms with Crippen LogP contribution in [-0.4, -0.2) is 41.5 Å². The number of hydrogen-bond donors (Lipinski definition) is 1. The van der Waals surface area contributed by atoms with Crippen LogP contribution in [0.1, 0.15) is 26.3 Å². The molecule has 0 bridgehead atoms. The Kier molecular flexibility index (Phi) is 4.84. The highest BCUT2D eigenvalue weighted by Crippen LogP contribution is 2.20. The maximum absolute atomic E-state index is 12.6. The van der Waals surface area contributed by atoms with Crippen LogP contribution in [0.25, 0.3) is 10.9 Å². The van der Waals surface area contributed by atoms with Crippen LogP contribution in [0, 0.1) is 0 Å². The number of benzene rings is 1. The smallest absolute Gasteiger partial charge is 0.218 e. The van der Waals surface area contributed by atoms with Gasteiger partial charge in [-0.1, -0.05) is 31.2 Å². The van der Waals surface area contributed by atoms with Gasteiger partial charge in [0.1, 0.15) is 0 Å². The molecule has 6 heteroatoms. The van der Waals surface area contributed by atoms with Gasteiger partial charge in [0.15, 0.2) is 0 Å². The SMILES string of the molecule is CCN(CC(C)(C)O)S(=O)(=O)Cc1cccc2cccnc12. The molecule has 1 heterocycles. The molecule has 0 aliphatic heterocycles. The summed E-state index contributed by atoms with van der Waals surface area (Å²) in [5.41, 5.74) is 0.306. The normalized spacial score (nSPS) is 13.0. The molecule has 0 spiro atoms. The van der Waals surface area contributed by atoms with Crippen molar-refractivity contribution in [3.63, 3.8) is 0 Å². The van der Waals surface area contributed by atoms with Gasteiger partial charge >= 0.3 is 0 Å². The summed E-state index contributed by atoms with van der Waals surface area (Å²) in [5.74, 6) is -0.120. The minimum Gasteiger partial charge on any atom is -0.389 e. The number of para-hydroxylation sites is 1. The zero-order valence-electron chi connectivity index (χ0n) is 13.2. The minimum absolute atomic E-state index is 0.0734. The second-order valence-corrected chi connectivity index (χ2v) is 7.96. The number of hydrogen-bond acceptors (Lipinski definition) is 4. The molecule has 0 atom stereocenters. The first-order chi connectivity index (χ1) is 10.2. The Morgan fingerprint density at radius 2 is 1.91 bits per heavy atom. The van der Waals surface area contributed by atoms with Gasteiger partial charge in [-0.15, -0.1) is 0 Å². The maximum atomic E-state index is 12.6. The molecule has 0 amide bonds. The molecule has 1 aromatic heterocycles.